The molecule has 0 spiro atoms. The third-order valence-electron chi connectivity index (χ3n) is 6.83. The van der Waals surface area contributed by atoms with Crippen molar-refractivity contribution >= 4 is 11.6 Å². The summed E-state index contributed by atoms with van der Waals surface area (Å²) in [5.74, 6) is -0.147. The zero-order chi connectivity index (χ0) is 21.3. The van der Waals surface area contributed by atoms with Crippen LogP contribution >= 0.6 is 0 Å². The minimum atomic E-state index is -0.212. The van der Waals surface area contributed by atoms with Gasteiger partial charge in [0.05, 0.1) is 0 Å². The van der Waals surface area contributed by atoms with Gasteiger partial charge in [-0.2, -0.15) is 0 Å². The van der Waals surface area contributed by atoms with Crippen molar-refractivity contribution in [3.05, 3.63) is 118 Å². The Balaban J connectivity index is 1.55. The molecule has 0 aliphatic heterocycles. The van der Waals surface area contributed by atoms with Gasteiger partial charge in [0.2, 0.25) is 0 Å². The van der Waals surface area contributed by atoms with E-state index in [0.717, 1.165) is 27.8 Å². The van der Waals surface area contributed by atoms with E-state index in [-0.39, 0.29) is 17.0 Å². The monoisotopic (exact) mass is 400 g/mol. The van der Waals surface area contributed by atoms with E-state index in [2.05, 4.69) is 26.0 Å². The first kappa shape index (κ1) is 18.0. The Morgan fingerprint density at radius 1 is 0.484 bits per heavy atom. The highest BCUT2D eigenvalue weighted by atomic mass is 16.1. The van der Waals surface area contributed by atoms with Crippen LogP contribution in [0.25, 0.3) is 22.3 Å². The van der Waals surface area contributed by atoms with Gasteiger partial charge in [0.15, 0.2) is 11.6 Å². The molecule has 2 aliphatic carbocycles. The number of benzene rings is 4. The summed E-state index contributed by atoms with van der Waals surface area (Å²) >= 11 is 0. The van der Waals surface area contributed by atoms with Gasteiger partial charge < -0.3 is 0 Å². The minimum absolute atomic E-state index is 0.0723. The molecule has 0 atom stereocenters. The van der Waals surface area contributed by atoms with Crippen LogP contribution in [0.2, 0.25) is 0 Å². The van der Waals surface area contributed by atoms with Gasteiger partial charge in [0.25, 0.3) is 0 Å². The van der Waals surface area contributed by atoms with E-state index in [1.807, 2.05) is 66.7 Å². The molecule has 2 aliphatic rings. The second kappa shape index (κ2) is 6.12. The first-order chi connectivity index (χ1) is 15.0. The van der Waals surface area contributed by atoms with Crippen LogP contribution < -0.4 is 0 Å². The van der Waals surface area contributed by atoms with Gasteiger partial charge in [-0.05, 0) is 57.6 Å². The van der Waals surface area contributed by atoms with Gasteiger partial charge >= 0.3 is 0 Å². The van der Waals surface area contributed by atoms with E-state index >= 15 is 0 Å². The quantitative estimate of drug-likeness (QED) is 0.325. The third-order valence-corrected chi connectivity index (χ3v) is 6.83. The van der Waals surface area contributed by atoms with E-state index < -0.39 is 0 Å². The van der Waals surface area contributed by atoms with Gasteiger partial charge in [-0.25, -0.2) is 0 Å². The molecular formula is C29H20O2. The number of carbonyl (C=O) groups is 2. The smallest absolute Gasteiger partial charge is 0.194 e. The van der Waals surface area contributed by atoms with Crippen LogP contribution in [0.15, 0.2) is 84.9 Å². The molecule has 0 saturated carbocycles. The van der Waals surface area contributed by atoms with Crippen LogP contribution in [-0.2, 0) is 5.41 Å². The topological polar surface area (TPSA) is 34.1 Å². The fourth-order valence-electron chi connectivity index (χ4n) is 5.15. The molecule has 6 rings (SSSR count). The number of hydrogen-bond acceptors (Lipinski definition) is 2. The van der Waals surface area contributed by atoms with Crippen molar-refractivity contribution in [2.75, 3.05) is 0 Å². The second-order valence-electron chi connectivity index (χ2n) is 8.90. The van der Waals surface area contributed by atoms with Crippen molar-refractivity contribution in [1.29, 1.82) is 0 Å². The largest absolute Gasteiger partial charge is 0.289 e. The average molecular weight is 400 g/mol. The lowest BCUT2D eigenvalue weighted by molar-refractivity contribution is 0.0979. The molecule has 4 aromatic rings. The molecule has 0 saturated heterocycles. The Labute approximate surface area is 181 Å². The Morgan fingerprint density at radius 2 is 1.13 bits per heavy atom. The van der Waals surface area contributed by atoms with E-state index in [9.17, 15) is 9.59 Å². The zero-order valence-corrected chi connectivity index (χ0v) is 17.4. The lowest BCUT2D eigenvalue weighted by atomic mass is 9.77. The van der Waals surface area contributed by atoms with Crippen LogP contribution in [0, 0.1) is 0 Å². The second-order valence-corrected chi connectivity index (χ2v) is 8.90. The van der Waals surface area contributed by atoms with Crippen molar-refractivity contribution in [3.63, 3.8) is 0 Å². The molecule has 0 N–H and O–H groups in total. The number of ketones is 2. The highest BCUT2D eigenvalue weighted by Crippen LogP contribution is 2.50. The molecule has 0 aromatic heterocycles. The number of rotatable bonds is 1. The van der Waals surface area contributed by atoms with Crippen LogP contribution in [0.3, 0.4) is 0 Å². The Hall–Kier alpha value is -3.78. The van der Waals surface area contributed by atoms with Gasteiger partial charge in [-0.3, -0.25) is 9.59 Å². The van der Waals surface area contributed by atoms with Crippen LogP contribution in [0.4, 0.5) is 0 Å². The van der Waals surface area contributed by atoms with E-state index in [0.29, 0.717) is 22.3 Å². The molecule has 0 heterocycles. The molecule has 0 unspecified atom stereocenters. The van der Waals surface area contributed by atoms with Crippen LogP contribution in [0.5, 0.6) is 0 Å². The van der Waals surface area contributed by atoms with Crippen molar-refractivity contribution in [2.24, 2.45) is 0 Å². The molecule has 0 amide bonds. The third kappa shape index (κ3) is 2.39. The van der Waals surface area contributed by atoms with E-state index in [4.69, 9.17) is 0 Å². The van der Waals surface area contributed by atoms with Gasteiger partial charge in [0.1, 0.15) is 0 Å². The van der Waals surface area contributed by atoms with Gasteiger partial charge in [-0.1, -0.05) is 74.5 Å². The molecule has 148 valence electrons. The van der Waals surface area contributed by atoms with Crippen molar-refractivity contribution < 1.29 is 9.59 Å². The zero-order valence-electron chi connectivity index (χ0n) is 17.4. The van der Waals surface area contributed by atoms with Gasteiger partial charge in [0, 0.05) is 27.7 Å². The fourth-order valence-corrected chi connectivity index (χ4v) is 5.15. The summed E-state index contributed by atoms with van der Waals surface area (Å²) in [6, 6.07) is 27.7. The SMILES string of the molecule is CC1(C)c2ccccc2-c2cc3c(cc21)C(=O)c1cc(-c2ccccc2)ccc1C3=O. The first-order valence-electron chi connectivity index (χ1n) is 10.5. The summed E-state index contributed by atoms with van der Waals surface area (Å²) in [7, 11) is 0. The molecule has 0 fully saturated rings. The van der Waals surface area contributed by atoms with E-state index in [1.54, 1.807) is 6.07 Å². The maximum atomic E-state index is 13.6. The molecule has 0 radical (unpaired) electrons. The Kier molecular flexibility index (Phi) is 3.56. The summed E-state index contributed by atoms with van der Waals surface area (Å²) in [5.41, 5.74) is 8.32. The van der Waals surface area contributed by atoms with Crippen molar-refractivity contribution in [2.45, 2.75) is 19.3 Å². The molecule has 31 heavy (non-hydrogen) atoms. The average Bonchev–Trinajstić information content (AvgIpc) is 3.03. The first-order valence-corrected chi connectivity index (χ1v) is 10.5. The van der Waals surface area contributed by atoms with Gasteiger partial charge in [-0.15, -0.1) is 0 Å². The standard InChI is InChI=1S/C29H20O2/c1-29(2)25-11-7-6-10-19(25)21-15-23-24(16-26(21)29)28(31)22-14-18(12-13-20(22)27(23)30)17-8-4-3-5-9-17/h3-16H,1-2H3. The van der Waals surface area contributed by atoms with E-state index in [1.165, 1.54) is 5.56 Å². The Morgan fingerprint density at radius 3 is 1.94 bits per heavy atom. The molecule has 4 aromatic carbocycles. The Bertz CT molecular complexity index is 1420. The van der Waals surface area contributed by atoms with Crippen LogP contribution in [-0.4, -0.2) is 11.6 Å². The summed E-state index contributed by atoms with van der Waals surface area (Å²) in [6.07, 6.45) is 0. The number of carbonyl (C=O) groups excluding carboxylic acids is 2. The molecule has 2 heteroatoms. The number of hydrogen-bond donors (Lipinski definition) is 0. The highest BCUT2D eigenvalue weighted by Gasteiger charge is 2.39. The summed E-state index contributed by atoms with van der Waals surface area (Å²) in [4.78, 5) is 27.0. The molecule has 2 nitrogen and oxygen atoms in total. The summed E-state index contributed by atoms with van der Waals surface area (Å²) in [5, 5.41) is 0. The molecule has 0 bridgehead atoms. The van der Waals surface area contributed by atoms with Crippen LogP contribution in [0.1, 0.15) is 56.8 Å². The predicted octanol–water partition coefficient (Wildman–Crippen LogP) is 6.44. The lowest BCUT2D eigenvalue weighted by Crippen LogP contribution is -2.23. The fraction of sp³-hybridized carbons (Fsp3) is 0.103. The van der Waals surface area contributed by atoms with Crippen molar-refractivity contribution in [1.82, 2.24) is 0 Å². The summed E-state index contributed by atoms with van der Waals surface area (Å²) < 4.78 is 0. The maximum absolute atomic E-state index is 13.6. The molecular weight excluding hydrogens is 380 g/mol. The predicted molar refractivity (Wildman–Crippen MR) is 123 cm³/mol. The maximum Gasteiger partial charge on any atom is 0.194 e. The number of fused-ring (bicyclic) bond motifs is 5. The highest BCUT2D eigenvalue weighted by molar-refractivity contribution is 6.29. The summed E-state index contributed by atoms with van der Waals surface area (Å²) in [6.45, 7) is 4.36. The lowest BCUT2D eigenvalue weighted by Gasteiger charge is -2.24. The minimum Gasteiger partial charge on any atom is -0.289 e. The normalized spacial score (nSPS) is 15.2. The van der Waals surface area contributed by atoms with Crippen molar-refractivity contribution in [3.8, 4) is 22.3 Å².